The molecular weight excluding hydrogens is 470 g/mol. The minimum atomic E-state index is 0.0390. The van der Waals surface area contributed by atoms with Gasteiger partial charge in [0.2, 0.25) is 0 Å². The maximum atomic E-state index is 13.7. The lowest BCUT2D eigenvalue weighted by Crippen LogP contribution is -3.12. The summed E-state index contributed by atoms with van der Waals surface area (Å²) in [5, 5.41) is 0. The van der Waals surface area contributed by atoms with E-state index in [-0.39, 0.29) is 5.78 Å². The van der Waals surface area contributed by atoms with Gasteiger partial charge < -0.3 is 13.7 Å². The summed E-state index contributed by atoms with van der Waals surface area (Å²) in [6, 6.07) is 38.1. The van der Waals surface area contributed by atoms with Gasteiger partial charge in [-0.15, -0.1) is 0 Å². The molecule has 6 rings (SSSR count). The van der Waals surface area contributed by atoms with Gasteiger partial charge >= 0.3 is 0 Å². The molecule has 2 aromatic heterocycles. The van der Waals surface area contributed by atoms with Crippen molar-refractivity contribution in [2.24, 2.45) is 0 Å². The molecule has 3 aromatic carbocycles. The van der Waals surface area contributed by atoms with Crippen LogP contribution in [-0.4, -0.2) is 18.9 Å². The minimum Gasteiger partial charge on any atom is -0.457 e. The van der Waals surface area contributed by atoms with Crippen LogP contribution < -0.4 is 4.90 Å². The van der Waals surface area contributed by atoms with Crippen LogP contribution in [0.1, 0.15) is 17.1 Å². The van der Waals surface area contributed by atoms with E-state index in [4.69, 9.17) is 8.83 Å². The summed E-state index contributed by atoms with van der Waals surface area (Å²) in [5.41, 5.74) is 4.73. The molecule has 1 atom stereocenters. The normalized spacial score (nSPS) is 17.8. The topological polar surface area (TPSA) is 47.8 Å². The van der Waals surface area contributed by atoms with Crippen LogP contribution in [0.5, 0.6) is 0 Å². The summed E-state index contributed by atoms with van der Waals surface area (Å²) in [5.74, 6) is 2.97. The lowest BCUT2D eigenvalue weighted by atomic mass is 9.95. The fourth-order valence-corrected chi connectivity index (χ4v) is 4.93. The molecule has 1 N–H and O–H groups in total. The predicted octanol–water partition coefficient (Wildman–Crippen LogP) is 6.34. The Balaban J connectivity index is 1.31. The zero-order valence-electron chi connectivity index (χ0n) is 21.0. The van der Waals surface area contributed by atoms with E-state index < -0.39 is 0 Å². The maximum Gasteiger partial charge on any atom is 0.196 e. The Kier molecular flexibility index (Phi) is 6.71. The van der Waals surface area contributed by atoms with Gasteiger partial charge in [-0.1, -0.05) is 91.0 Å². The van der Waals surface area contributed by atoms with Gasteiger partial charge in [-0.05, 0) is 36.4 Å². The number of quaternary nitrogens is 1. The Morgan fingerprint density at radius 2 is 1.03 bits per heavy atom. The van der Waals surface area contributed by atoms with Gasteiger partial charge in [-0.25, -0.2) is 0 Å². The van der Waals surface area contributed by atoms with Crippen LogP contribution in [0.15, 0.2) is 135 Å². The molecule has 0 aliphatic carbocycles. The summed E-state index contributed by atoms with van der Waals surface area (Å²) in [6.45, 7) is 2.07. The van der Waals surface area contributed by atoms with E-state index in [9.17, 15) is 4.79 Å². The Morgan fingerprint density at radius 1 is 0.579 bits per heavy atom. The highest BCUT2D eigenvalue weighted by Gasteiger charge is 2.30. The molecular formula is C34H28NO3+. The van der Waals surface area contributed by atoms with E-state index in [1.54, 1.807) is 0 Å². The Morgan fingerprint density at radius 3 is 1.50 bits per heavy atom. The Labute approximate surface area is 222 Å². The molecule has 1 aliphatic heterocycles. The SMILES string of the molecule is O=C1/C(=C\c2ccc(-c3ccccc3)o2)C[NH+](Cc2ccccc2)C/C1=C\c1ccc(-c2ccccc2)o1. The molecule has 0 spiro atoms. The number of carbonyl (C=O) groups is 1. The average Bonchev–Trinajstić information content (AvgIpc) is 3.63. The van der Waals surface area contributed by atoms with Crippen molar-refractivity contribution in [1.29, 1.82) is 0 Å². The third-order valence-corrected chi connectivity index (χ3v) is 6.76. The summed E-state index contributed by atoms with van der Waals surface area (Å²) in [4.78, 5) is 14.9. The molecule has 0 bridgehead atoms. The second-order valence-corrected chi connectivity index (χ2v) is 9.57. The molecule has 0 radical (unpaired) electrons. The van der Waals surface area contributed by atoms with Crippen molar-refractivity contribution < 1.29 is 18.5 Å². The van der Waals surface area contributed by atoms with Crippen LogP contribution in [0, 0.1) is 0 Å². The lowest BCUT2D eigenvalue weighted by molar-refractivity contribution is -0.904. The first-order chi connectivity index (χ1) is 18.7. The van der Waals surface area contributed by atoms with Crippen molar-refractivity contribution in [2.75, 3.05) is 13.1 Å². The van der Waals surface area contributed by atoms with Crippen LogP contribution in [0.4, 0.5) is 0 Å². The van der Waals surface area contributed by atoms with E-state index in [1.807, 2.05) is 103 Å². The van der Waals surface area contributed by atoms with Crippen LogP contribution in [0.2, 0.25) is 0 Å². The number of hydrogen-bond donors (Lipinski definition) is 1. The van der Waals surface area contributed by atoms with E-state index in [2.05, 4.69) is 24.3 Å². The number of benzene rings is 3. The number of likely N-dealkylation sites (tertiary alicyclic amines) is 1. The van der Waals surface area contributed by atoms with Crippen molar-refractivity contribution in [3.8, 4) is 22.6 Å². The molecule has 1 unspecified atom stereocenters. The largest absolute Gasteiger partial charge is 0.457 e. The number of piperidine rings is 1. The molecule has 1 saturated heterocycles. The second-order valence-electron chi connectivity index (χ2n) is 9.57. The van der Waals surface area contributed by atoms with Crippen molar-refractivity contribution in [1.82, 2.24) is 0 Å². The number of hydrogen-bond acceptors (Lipinski definition) is 3. The summed E-state index contributed by atoms with van der Waals surface area (Å²) < 4.78 is 12.2. The van der Waals surface area contributed by atoms with Crippen LogP contribution in [0.25, 0.3) is 34.8 Å². The van der Waals surface area contributed by atoms with E-state index in [0.29, 0.717) is 24.6 Å². The van der Waals surface area contributed by atoms with Gasteiger partial charge in [0.1, 0.15) is 42.7 Å². The van der Waals surface area contributed by atoms with Crippen molar-refractivity contribution in [3.05, 3.63) is 143 Å². The number of furan rings is 2. The number of nitrogens with one attached hydrogen (secondary N) is 1. The number of rotatable bonds is 6. The molecule has 186 valence electrons. The van der Waals surface area contributed by atoms with E-state index in [1.165, 1.54) is 10.5 Å². The third kappa shape index (κ3) is 5.36. The second kappa shape index (κ2) is 10.8. The molecule has 1 fully saturated rings. The molecule has 3 heterocycles. The van der Waals surface area contributed by atoms with Crippen LogP contribution >= 0.6 is 0 Å². The summed E-state index contributed by atoms with van der Waals surface area (Å²) in [7, 11) is 0. The number of ketones is 1. The quantitative estimate of drug-likeness (QED) is 0.278. The summed E-state index contributed by atoms with van der Waals surface area (Å²) in [6.07, 6.45) is 3.79. The standard InChI is InChI=1S/C34H27NO3/c36-34-28(20-30-16-18-32(37-30)26-12-6-2-7-13-26)23-35(22-25-10-4-1-5-11-25)24-29(34)21-31-17-19-33(38-31)27-14-8-3-9-15-27/h1-21H,22-24H2/p+1/b28-20-,29-21+. The number of Topliss-reactive ketones (excluding diaryl/α,β-unsaturated/α-hetero) is 1. The van der Waals surface area contributed by atoms with Crippen LogP contribution in [-0.2, 0) is 11.3 Å². The molecule has 0 amide bonds. The monoisotopic (exact) mass is 498 g/mol. The van der Waals surface area contributed by atoms with Crippen molar-refractivity contribution in [2.45, 2.75) is 6.54 Å². The fourth-order valence-electron chi connectivity index (χ4n) is 4.93. The zero-order valence-corrected chi connectivity index (χ0v) is 21.0. The van der Waals surface area contributed by atoms with Gasteiger partial charge in [0.15, 0.2) is 5.78 Å². The highest BCUT2D eigenvalue weighted by molar-refractivity contribution is 6.13. The van der Waals surface area contributed by atoms with Gasteiger partial charge in [0.25, 0.3) is 0 Å². The molecule has 4 heteroatoms. The maximum absolute atomic E-state index is 13.7. The van der Waals surface area contributed by atoms with Crippen molar-refractivity contribution in [3.63, 3.8) is 0 Å². The molecule has 4 nitrogen and oxygen atoms in total. The Hall–Kier alpha value is -4.67. The first-order valence-corrected chi connectivity index (χ1v) is 12.9. The molecule has 5 aromatic rings. The summed E-state index contributed by atoms with van der Waals surface area (Å²) >= 11 is 0. The van der Waals surface area contributed by atoms with Gasteiger partial charge in [-0.3, -0.25) is 4.79 Å². The van der Waals surface area contributed by atoms with Gasteiger partial charge in [0, 0.05) is 16.7 Å². The average molecular weight is 499 g/mol. The molecule has 1 aliphatic rings. The number of carbonyl (C=O) groups excluding carboxylic acids is 1. The first-order valence-electron chi connectivity index (χ1n) is 12.9. The zero-order chi connectivity index (χ0) is 25.7. The van der Waals surface area contributed by atoms with Gasteiger partial charge in [-0.2, -0.15) is 0 Å². The first kappa shape index (κ1) is 23.7. The van der Waals surface area contributed by atoms with Crippen LogP contribution in [0.3, 0.4) is 0 Å². The third-order valence-electron chi connectivity index (χ3n) is 6.76. The van der Waals surface area contributed by atoms with E-state index in [0.717, 1.165) is 40.3 Å². The van der Waals surface area contributed by atoms with Crippen molar-refractivity contribution >= 4 is 17.9 Å². The fraction of sp³-hybridized carbons (Fsp3) is 0.0882. The lowest BCUT2D eigenvalue weighted by Gasteiger charge is -2.26. The minimum absolute atomic E-state index is 0.0390. The highest BCUT2D eigenvalue weighted by Crippen LogP contribution is 2.26. The van der Waals surface area contributed by atoms with E-state index >= 15 is 0 Å². The Bertz CT molecular complexity index is 1490. The highest BCUT2D eigenvalue weighted by atomic mass is 16.3. The predicted molar refractivity (Wildman–Crippen MR) is 150 cm³/mol. The smallest absolute Gasteiger partial charge is 0.196 e. The van der Waals surface area contributed by atoms with Gasteiger partial charge in [0.05, 0.1) is 11.1 Å². The molecule has 0 saturated carbocycles. The molecule has 38 heavy (non-hydrogen) atoms.